The first kappa shape index (κ1) is 52.7. The lowest BCUT2D eigenvalue weighted by molar-refractivity contribution is 0.584. The second kappa shape index (κ2) is 19.2. The summed E-state index contributed by atoms with van der Waals surface area (Å²) in [6.07, 6.45) is 0. The van der Waals surface area contributed by atoms with E-state index in [0.29, 0.717) is 16.6 Å². The van der Waals surface area contributed by atoms with Gasteiger partial charge in [-0.15, -0.1) is 0 Å². The van der Waals surface area contributed by atoms with Gasteiger partial charge in [0.15, 0.2) is 11.4 Å². The van der Waals surface area contributed by atoms with Crippen molar-refractivity contribution in [3.8, 4) is 11.1 Å². The van der Waals surface area contributed by atoms with Crippen molar-refractivity contribution in [2.24, 2.45) is 0 Å². The molecule has 7 heteroatoms. The molecule has 4 heterocycles. The van der Waals surface area contributed by atoms with Gasteiger partial charge in [0, 0.05) is 78.3 Å². The van der Waals surface area contributed by atoms with Gasteiger partial charge in [-0.3, -0.25) is 0 Å². The van der Waals surface area contributed by atoms with E-state index in [1.54, 1.807) is 6.07 Å². The van der Waals surface area contributed by atoms with Crippen LogP contribution in [0.15, 0.2) is 260 Å². The Balaban J connectivity index is 1.05. The predicted octanol–water partition coefficient (Wildman–Crippen LogP) is 23.6. The first-order valence-electron chi connectivity index (χ1n) is 30.7. The van der Waals surface area contributed by atoms with Crippen LogP contribution in [0.1, 0.15) is 80.5 Å². The van der Waals surface area contributed by atoms with Gasteiger partial charge < -0.3 is 27.5 Å². The van der Waals surface area contributed by atoms with E-state index in [1.807, 2.05) is 30.3 Å². The maximum Gasteiger partial charge on any atom is 0.171 e. The molecule has 4 aromatic heterocycles. The molecule has 1 aliphatic rings. The quantitative estimate of drug-likeness (QED) is 0.151. The fourth-order valence-corrected chi connectivity index (χ4v) is 14.5. The molecule has 0 amide bonds. The molecule has 0 fully saturated rings. The molecule has 0 atom stereocenters. The van der Waals surface area contributed by atoms with Crippen molar-refractivity contribution in [1.82, 2.24) is 0 Å². The fourth-order valence-electron chi connectivity index (χ4n) is 14.5. The van der Waals surface area contributed by atoms with E-state index >= 15 is 4.39 Å². The van der Waals surface area contributed by atoms with Gasteiger partial charge in [0.05, 0.1) is 27.6 Å². The van der Waals surface area contributed by atoms with Crippen molar-refractivity contribution in [1.29, 1.82) is 0 Å². The SMILES string of the molecule is Cc1cccc2c1oc1c3c(cc(N(c4ccc(C(C)(C)C)cc4)c4ccc5c(c4)oc4ccccc45)c12)C(c1ccccc1)(c1ccccc1)c1cc(N(c2ccc(C(C)(C)C)cc2)c2ccc4c(c2)oc2ccccc24)c2c(oc4c(F)cccc42)c1-3. The molecule has 0 aliphatic heterocycles. The van der Waals surface area contributed by atoms with Crippen molar-refractivity contribution in [2.45, 2.75) is 64.7 Å². The van der Waals surface area contributed by atoms with Gasteiger partial charge in [-0.25, -0.2) is 4.39 Å². The van der Waals surface area contributed by atoms with Gasteiger partial charge in [0.1, 0.15) is 39.1 Å². The van der Waals surface area contributed by atoms with Gasteiger partial charge in [0.2, 0.25) is 0 Å². The van der Waals surface area contributed by atoms with Gasteiger partial charge in [-0.1, -0.05) is 193 Å². The maximum absolute atomic E-state index is 17.2. The third kappa shape index (κ3) is 7.80. The smallest absolute Gasteiger partial charge is 0.171 e. The summed E-state index contributed by atoms with van der Waals surface area (Å²) in [5.74, 6) is -0.451. The largest absolute Gasteiger partial charge is 0.456 e. The average Bonchev–Trinajstić information content (AvgIpc) is 1.51. The molecule has 0 saturated carbocycles. The summed E-state index contributed by atoms with van der Waals surface area (Å²) in [5.41, 5.74) is 18.6. The number of nitrogens with zero attached hydrogens (tertiary/aromatic N) is 2. The lowest BCUT2D eigenvalue weighted by Crippen LogP contribution is -2.29. The van der Waals surface area contributed by atoms with E-state index in [-0.39, 0.29) is 16.4 Å². The lowest BCUT2D eigenvalue weighted by atomic mass is 9.67. The molecule has 89 heavy (non-hydrogen) atoms. The molecule has 16 aromatic rings. The number of halogens is 1. The van der Waals surface area contributed by atoms with E-state index < -0.39 is 11.2 Å². The third-order valence-electron chi connectivity index (χ3n) is 18.8. The van der Waals surface area contributed by atoms with Gasteiger partial charge in [-0.2, -0.15) is 0 Å². The van der Waals surface area contributed by atoms with E-state index in [0.717, 1.165) is 139 Å². The van der Waals surface area contributed by atoms with E-state index in [1.165, 1.54) is 17.2 Å². The molecule has 0 bridgehead atoms. The molecule has 1 aliphatic carbocycles. The summed E-state index contributed by atoms with van der Waals surface area (Å²) in [4.78, 5) is 4.70. The number of rotatable bonds is 8. The topological polar surface area (TPSA) is 59.0 Å². The molecule has 0 saturated heterocycles. The van der Waals surface area contributed by atoms with Gasteiger partial charge in [0.25, 0.3) is 0 Å². The van der Waals surface area contributed by atoms with Crippen molar-refractivity contribution < 1.29 is 22.1 Å². The summed E-state index contributed by atoms with van der Waals surface area (Å²) in [6, 6.07) is 85.6. The van der Waals surface area contributed by atoms with Crippen LogP contribution in [-0.4, -0.2) is 0 Å². The van der Waals surface area contributed by atoms with Gasteiger partial charge >= 0.3 is 0 Å². The minimum atomic E-state index is -1.07. The fraction of sp³-hybridized carbons (Fsp3) is 0.122. The van der Waals surface area contributed by atoms with Crippen LogP contribution in [0.4, 0.5) is 38.5 Å². The molecule has 0 N–H and O–H groups in total. The molecule has 6 nitrogen and oxygen atoms in total. The summed E-state index contributed by atoms with van der Waals surface area (Å²) < 4.78 is 45.6. The number of fused-ring (bicyclic) bond motifs is 17. The molecular weight excluding hydrogens is 1100 g/mol. The average molecular weight is 1160 g/mol. The zero-order chi connectivity index (χ0) is 60.2. The van der Waals surface area contributed by atoms with Crippen LogP contribution >= 0.6 is 0 Å². The highest BCUT2D eigenvalue weighted by Crippen LogP contribution is 2.65. The van der Waals surface area contributed by atoms with Crippen molar-refractivity contribution >= 4 is 122 Å². The zero-order valence-corrected chi connectivity index (χ0v) is 50.5. The number of aryl methyl sites for hydroxylation is 1. The van der Waals surface area contributed by atoms with Crippen LogP contribution < -0.4 is 9.80 Å². The number of hydrogen-bond donors (Lipinski definition) is 0. The molecular formula is C82H61FN2O4. The molecule has 12 aromatic carbocycles. The first-order valence-corrected chi connectivity index (χ1v) is 30.7. The summed E-state index contributed by atoms with van der Waals surface area (Å²) in [7, 11) is 0. The van der Waals surface area contributed by atoms with Crippen LogP contribution in [0.3, 0.4) is 0 Å². The van der Waals surface area contributed by atoms with Crippen LogP contribution in [0.5, 0.6) is 0 Å². The number of anilines is 6. The highest BCUT2D eigenvalue weighted by atomic mass is 19.1. The van der Waals surface area contributed by atoms with Crippen LogP contribution in [0, 0.1) is 12.7 Å². The second-order valence-electron chi connectivity index (χ2n) is 26.1. The Kier molecular flexibility index (Phi) is 11.4. The molecule has 430 valence electrons. The number of furan rings is 4. The molecule has 0 radical (unpaired) electrons. The summed E-state index contributed by atoms with van der Waals surface area (Å²) >= 11 is 0. The maximum atomic E-state index is 17.2. The Morgan fingerprint density at radius 2 is 0.730 bits per heavy atom. The Morgan fingerprint density at radius 1 is 0.337 bits per heavy atom. The highest BCUT2D eigenvalue weighted by Gasteiger charge is 2.51. The minimum Gasteiger partial charge on any atom is -0.456 e. The summed E-state index contributed by atoms with van der Waals surface area (Å²) in [5, 5.41) is 7.46. The standard InChI is InChI=1S/C82H61FN2O4/c1-48-20-18-27-61-72-66(84(53-36-32-49(33-37-53)80(2,3)4)55-40-42-59-57-25-14-16-30-68(57)86-70(59)44-55)46-63-74(78(72)88-76(48)61)75-64(82(63,51-21-10-8-11-22-51)52-23-12-9-13-24-52)47-67(73-62-28-19-29-65(83)77(62)89-79(73)75)85(54-38-34-50(35-39-54)81(5,6)7)56-41-43-60-58-26-15-17-31-69(58)87-71(60)45-56/h8-47H,1-7H3. The van der Waals surface area contributed by atoms with Crippen molar-refractivity contribution in [3.63, 3.8) is 0 Å². The Morgan fingerprint density at radius 3 is 1.20 bits per heavy atom. The van der Waals surface area contributed by atoms with E-state index in [9.17, 15) is 0 Å². The Labute approximate surface area is 514 Å². The monoisotopic (exact) mass is 1160 g/mol. The van der Waals surface area contributed by atoms with Crippen LogP contribution in [0.2, 0.25) is 0 Å². The Hall–Kier alpha value is -10.6. The Bertz CT molecular complexity index is 5190. The zero-order valence-electron chi connectivity index (χ0n) is 50.5. The van der Waals surface area contributed by atoms with Gasteiger partial charge in [-0.05, 0) is 136 Å². The van der Waals surface area contributed by atoms with Crippen molar-refractivity contribution in [3.05, 3.63) is 287 Å². The number of benzene rings is 12. The van der Waals surface area contributed by atoms with E-state index in [2.05, 4.69) is 258 Å². The second-order valence-corrected chi connectivity index (χ2v) is 26.1. The predicted molar refractivity (Wildman–Crippen MR) is 364 cm³/mol. The number of hydrogen-bond acceptors (Lipinski definition) is 6. The number of para-hydroxylation sites is 4. The van der Waals surface area contributed by atoms with E-state index in [4.69, 9.17) is 17.7 Å². The molecule has 17 rings (SSSR count). The van der Waals surface area contributed by atoms with Crippen molar-refractivity contribution in [2.75, 3.05) is 9.80 Å². The molecule has 0 unspecified atom stereocenters. The normalized spacial score (nSPS) is 13.3. The molecule has 0 spiro atoms. The third-order valence-corrected chi connectivity index (χ3v) is 18.8. The summed E-state index contributed by atoms with van der Waals surface area (Å²) in [6.45, 7) is 15.6. The highest BCUT2D eigenvalue weighted by molar-refractivity contribution is 6.25. The van der Waals surface area contributed by atoms with Crippen LogP contribution in [0.25, 0.3) is 98.9 Å². The lowest BCUT2D eigenvalue weighted by Gasteiger charge is -2.36. The minimum absolute atomic E-state index is 0.0954. The van der Waals surface area contributed by atoms with Crippen LogP contribution in [-0.2, 0) is 16.2 Å². The first-order chi connectivity index (χ1) is 43.2.